The first-order valence-electron chi connectivity index (χ1n) is 8.78. The number of carbonyl (C=O) groups excluding carboxylic acids is 1. The molecule has 0 unspecified atom stereocenters. The van der Waals surface area contributed by atoms with E-state index in [1.165, 1.54) is 12.1 Å². The van der Waals surface area contributed by atoms with Crippen molar-refractivity contribution >= 4 is 21.7 Å². The molecule has 0 bridgehead atoms. The van der Waals surface area contributed by atoms with Gasteiger partial charge in [-0.2, -0.15) is 0 Å². The van der Waals surface area contributed by atoms with Gasteiger partial charge in [-0.25, -0.2) is 22.3 Å². The fraction of sp³-hybridized carbons (Fsp3) is 0.368. The monoisotopic (exact) mass is 393 g/mol. The van der Waals surface area contributed by atoms with Crippen LogP contribution in [0.4, 0.5) is 14.9 Å². The van der Waals surface area contributed by atoms with Crippen molar-refractivity contribution in [2.45, 2.75) is 39.5 Å². The summed E-state index contributed by atoms with van der Waals surface area (Å²) < 4.78 is 40.1. The van der Waals surface area contributed by atoms with Gasteiger partial charge in [-0.1, -0.05) is 33.3 Å². The fourth-order valence-electron chi connectivity index (χ4n) is 2.64. The number of pyridine rings is 1. The molecule has 0 atom stereocenters. The van der Waals surface area contributed by atoms with E-state index in [0.29, 0.717) is 35.2 Å². The average molecular weight is 393 g/mol. The molecule has 0 aliphatic rings. The maximum atomic E-state index is 14.2. The smallest absolute Gasteiger partial charge is 0.306 e. The predicted molar refractivity (Wildman–Crippen MR) is 105 cm³/mol. The molecule has 146 valence electrons. The molecule has 27 heavy (non-hydrogen) atoms. The van der Waals surface area contributed by atoms with Crippen LogP contribution in [-0.2, 0) is 10.0 Å². The van der Waals surface area contributed by atoms with Gasteiger partial charge in [0.1, 0.15) is 5.82 Å². The predicted octanol–water partition coefficient (Wildman–Crippen LogP) is 4.26. The molecule has 2 rings (SSSR count). The number of anilines is 1. The van der Waals surface area contributed by atoms with Crippen LogP contribution in [0, 0.1) is 5.82 Å². The Morgan fingerprint density at radius 2 is 2.04 bits per heavy atom. The maximum absolute atomic E-state index is 14.2. The second kappa shape index (κ2) is 8.94. The van der Waals surface area contributed by atoms with Crippen molar-refractivity contribution in [1.29, 1.82) is 0 Å². The summed E-state index contributed by atoms with van der Waals surface area (Å²) in [5, 5.41) is 2.60. The highest BCUT2D eigenvalue weighted by atomic mass is 32.2. The zero-order valence-corrected chi connectivity index (χ0v) is 16.4. The number of aromatic nitrogens is 1. The Balaban J connectivity index is 2.41. The van der Waals surface area contributed by atoms with Crippen LogP contribution in [0.15, 0.2) is 36.7 Å². The van der Waals surface area contributed by atoms with Crippen LogP contribution < -0.4 is 10.0 Å². The van der Waals surface area contributed by atoms with Gasteiger partial charge in [-0.3, -0.25) is 4.98 Å². The lowest BCUT2D eigenvalue weighted by Crippen LogP contribution is -2.36. The summed E-state index contributed by atoms with van der Waals surface area (Å²) in [4.78, 5) is 16.4. The van der Waals surface area contributed by atoms with Gasteiger partial charge in [-0.05, 0) is 36.1 Å². The standard InChI is InChI=1S/C19H24FN3O3S/c1-4-5-9-27(25,26)23-19(24)22-18-16(13(2)3)10-15(20)11-17(18)14-7-6-8-21-12-14/h6-8,10-13H,4-5,9H2,1-3H3,(H2,22,23,24). The quantitative estimate of drug-likeness (QED) is 0.736. The van der Waals surface area contributed by atoms with Crippen molar-refractivity contribution in [3.63, 3.8) is 0 Å². The van der Waals surface area contributed by atoms with Crippen LogP contribution in [0.2, 0.25) is 0 Å². The van der Waals surface area contributed by atoms with Gasteiger partial charge in [0.2, 0.25) is 10.0 Å². The molecule has 6 nitrogen and oxygen atoms in total. The summed E-state index contributed by atoms with van der Waals surface area (Å²) in [5.41, 5.74) is 1.98. The van der Waals surface area contributed by atoms with Crippen LogP contribution in [0.25, 0.3) is 11.1 Å². The maximum Gasteiger partial charge on any atom is 0.332 e. The largest absolute Gasteiger partial charge is 0.332 e. The molecule has 2 N–H and O–H groups in total. The number of unbranched alkanes of at least 4 members (excludes halogenated alkanes) is 1. The Bertz CT molecular complexity index is 900. The third-order valence-corrected chi connectivity index (χ3v) is 5.30. The minimum absolute atomic E-state index is 0.0943. The second-order valence-corrected chi connectivity index (χ2v) is 8.38. The molecule has 2 amide bonds. The number of urea groups is 1. The highest BCUT2D eigenvalue weighted by molar-refractivity contribution is 7.90. The molecule has 1 heterocycles. The average Bonchev–Trinajstić information content (AvgIpc) is 2.61. The molecule has 0 fully saturated rings. The number of hydrogen-bond acceptors (Lipinski definition) is 4. The van der Waals surface area contributed by atoms with Crippen molar-refractivity contribution in [1.82, 2.24) is 9.71 Å². The van der Waals surface area contributed by atoms with Crippen LogP contribution in [0.3, 0.4) is 0 Å². The van der Waals surface area contributed by atoms with Crippen molar-refractivity contribution in [2.24, 2.45) is 0 Å². The van der Waals surface area contributed by atoms with Gasteiger partial charge in [0.05, 0.1) is 11.4 Å². The number of carbonyl (C=O) groups is 1. The second-order valence-electron chi connectivity index (χ2n) is 6.54. The number of hydrogen-bond donors (Lipinski definition) is 2. The molecule has 8 heteroatoms. The molecule has 0 spiro atoms. The number of sulfonamides is 1. The Hall–Kier alpha value is -2.48. The first kappa shape index (κ1) is 20.8. The summed E-state index contributed by atoms with van der Waals surface area (Å²) in [6, 6.07) is 5.21. The van der Waals surface area contributed by atoms with Gasteiger partial charge in [0.15, 0.2) is 0 Å². The zero-order chi connectivity index (χ0) is 20.0. The third-order valence-electron chi connectivity index (χ3n) is 3.98. The molecule has 2 aromatic rings. The van der Waals surface area contributed by atoms with Crippen molar-refractivity contribution < 1.29 is 17.6 Å². The molecular weight excluding hydrogens is 369 g/mol. The summed E-state index contributed by atoms with van der Waals surface area (Å²) in [6.45, 7) is 5.59. The number of rotatable bonds is 7. The normalized spacial score (nSPS) is 11.4. The lowest BCUT2D eigenvalue weighted by Gasteiger charge is -2.19. The molecular formula is C19H24FN3O3S. The van der Waals surface area contributed by atoms with E-state index in [0.717, 1.165) is 0 Å². The van der Waals surface area contributed by atoms with Crippen molar-refractivity contribution in [2.75, 3.05) is 11.1 Å². The Morgan fingerprint density at radius 3 is 2.63 bits per heavy atom. The van der Waals surface area contributed by atoms with E-state index in [1.807, 2.05) is 25.5 Å². The molecule has 0 radical (unpaired) electrons. The van der Waals surface area contributed by atoms with E-state index in [9.17, 15) is 17.6 Å². The minimum atomic E-state index is -3.73. The molecule has 0 aliphatic carbocycles. The number of benzene rings is 1. The van der Waals surface area contributed by atoms with Crippen molar-refractivity contribution in [3.8, 4) is 11.1 Å². The Morgan fingerprint density at radius 1 is 1.30 bits per heavy atom. The molecule has 0 saturated heterocycles. The number of nitrogens with zero attached hydrogens (tertiary/aromatic N) is 1. The van der Waals surface area contributed by atoms with Crippen LogP contribution in [0.1, 0.15) is 45.1 Å². The summed E-state index contributed by atoms with van der Waals surface area (Å²) >= 11 is 0. The number of halogens is 1. The van der Waals surface area contributed by atoms with Gasteiger partial charge in [0.25, 0.3) is 0 Å². The first-order valence-corrected chi connectivity index (χ1v) is 10.4. The van der Waals surface area contributed by atoms with E-state index < -0.39 is 21.9 Å². The third kappa shape index (κ3) is 5.75. The van der Waals surface area contributed by atoms with Gasteiger partial charge in [-0.15, -0.1) is 0 Å². The lowest BCUT2D eigenvalue weighted by atomic mass is 9.94. The molecule has 1 aromatic carbocycles. The highest BCUT2D eigenvalue weighted by Crippen LogP contribution is 2.35. The number of amides is 2. The highest BCUT2D eigenvalue weighted by Gasteiger charge is 2.20. The summed E-state index contributed by atoms with van der Waals surface area (Å²) in [6.07, 6.45) is 4.30. The molecule has 0 aliphatic heterocycles. The fourth-order valence-corrected chi connectivity index (χ4v) is 3.74. The van der Waals surface area contributed by atoms with E-state index in [4.69, 9.17) is 0 Å². The van der Waals surface area contributed by atoms with Gasteiger partial charge >= 0.3 is 6.03 Å². The Labute approximate surface area is 159 Å². The topological polar surface area (TPSA) is 88.2 Å². The van der Waals surface area contributed by atoms with E-state index in [2.05, 4.69) is 10.3 Å². The SMILES string of the molecule is CCCCS(=O)(=O)NC(=O)Nc1c(-c2cccnc2)cc(F)cc1C(C)C. The molecule has 1 aromatic heterocycles. The van der Waals surface area contributed by atoms with Crippen LogP contribution in [-0.4, -0.2) is 25.2 Å². The van der Waals surface area contributed by atoms with Crippen molar-refractivity contribution in [3.05, 3.63) is 48.0 Å². The lowest BCUT2D eigenvalue weighted by molar-refractivity contribution is 0.256. The van der Waals surface area contributed by atoms with E-state index in [-0.39, 0.29) is 11.7 Å². The molecule has 0 saturated carbocycles. The number of nitrogens with one attached hydrogen (secondary N) is 2. The first-order chi connectivity index (χ1) is 12.7. The minimum Gasteiger partial charge on any atom is -0.306 e. The van der Waals surface area contributed by atoms with Crippen LogP contribution >= 0.6 is 0 Å². The van der Waals surface area contributed by atoms with E-state index in [1.54, 1.807) is 24.5 Å². The van der Waals surface area contributed by atoms with Crippen LogP contribution in [0.5, 0.6) is 0 Å². The van der Waals surface area contributed by atoms with E-state index >= 15 is 0 Å². The summed E-state index contributed by atoms with van der Waals surface area (Å²) in [5.74, 6) is -0.672. The Kier molecular flexibility index (Phi) is 6.90. The summed E-state index contributed by atoms with van der Waals surface area (Å²) in [7, 11) is -3.73. The van der Waals surface area contributed by atoms with Gasteiger partial charge in [0, 0.05) is 23.5 Å². The van der Waals surface area contributed by atoms with Gasteiger partial charge < -0.3 is 5.32 Å². The zero-order valence-electron chi connectivity index (χ0n) is 15.6.